The molecule has 43 heavy (non-hydrogen) atoms. The summed E-state index contributed by atoms with van der Waals surface area (Å²) >= 11 is 6.65. The molecule has 1 aromatic carbocycles. The molecule has 2 aromatic heterocycles. The Kier molecular flexibility index (Phi) is 8.42. The Morgan fingerprint density at radius 3 is 2.58 bits per heavy atom. The number of aromatic nitrogens is 3. The zero-order valence-corrected chi connectivity index (χ0v) is 24.6. The number of carbonyl (C=O) groups excluding carboxylic acids is 1. The number of fused-ring (bicyclic) bond motifs is 2. The maximum absolute atomic E-state index is 12.3. The molecule has 230 valence electrons. The summed E-state index contributed by atoms with van der Waals surface area (Å²) in [4.78, 5) is 24.7. The molecule has 7 rings (SSSR count). The van der Waals surface area contributed by atoms with Crippen molar-refractivity contribution in [3.05, 3.63) is 40.9 Å². The average Bonchev–Trinajstić information content (AvgIpc) is 3.72. The number of rotatable bonds is 7. The maximum Gasteiger partial charge on any atom is 0.407 e. The summed E-state index contributed by atoms with van der Waals surface area (Å²) in [5.41, 5.74) is 4.06. The topological polar surface area (TPSA) is 137 Å². The largest absolute Gasteiger partial charge is 0.464 e. The van der Waals surface area contributed by atoms with E-state index in [1.54, 1.807) is 0 Å². The Labute approximate surface area is 254 Å². The number of carbonyl (C=O) groups is 1. The Hall–Kier alpha value is -2.96. The fourth-order valence-corrected chi connectivity index (χ4v) is 6.94. The summed E-state index contributed by atoms with van der Waals surface area (Å²) in [6.45, 7) is 2.42. The minimum Gasteiger partial charge on any atom is -0.464 e. The fourth-order valence-electron chi connectivity index (χ4n) is 6.68. The number of nitrogens with one attached hydrogen (secondary N) is 2. The summed E-state index contributed by atoms with van der Waals surface area (Å²) in [6.07, 6.45) is 4.00. The first-order valence-corrected chi connectivity index (χ1v) is 15.6. The molecule has 1 amide bonds. The van der Waals surface area contributed by atoms with Crippen LogP contribution in [0.5, 0.6) is 6.01 Å². The third-order valence-corrected chi connectivity index (χ3v) is 9.40. The maximum atomic E-state index is 12.3. The van der Waals surface area contributed by atoms with Crippen molar-refractivity contribution in [2.45, 2.75) is 74.9 Å². The minimum absolute atomic E-state index is 0.0194. The fraction of sp³-hybridized carbons (Fsp3) is 0.581. The van der Waals surface area contributed by atoms with Crippen LogP contribution >= 0.6 is 11.6 Å². The molecule has 3 aliphatic heterocycles. The average molecular weight is 613 g/mol. The number of amides is 1. The first kappa shape index (κ1) is 28.8. The van der Waals surface area contributed by atoms with E-state index in [2.05, 4.69) is 39.6 Å². The number of ether oxygens (including phenoxy) is 5. The minimum atomic E-state index is -0.586. The van der Waals surface area contributed by atoms with Crippen LogP contribution in [0.25, 0.3) is 22.4 Å². The summed E-state index contributed by atoms with van der Waals surface area (Å²) in [5, 5.41) is 13.5. The third kappa shape index (κ3) is 6.32. The molecule has 1 saturated carbocycles. The number of imidazole rings is 1. The van der Waals surface area contributed by atoms with Gasteiger partial charge in [-0.1, -0.05) is 35.9 Å². The van der Waals surface area contributed by atoms with Crippen molar-refractivity contribution in [1.82, 2.24) is 20.3 Å². The second-order valence-electron chi connectivity index (χ2n) is 12.0. The van der Waals surface area contributed by atoms with E-state index >= 15 is 0 Å². The molecule has 0 radical (unpaired) electrons. The zero-order chi connectivity index (χ0) is 29.3. The number of hydrogen-bond acceptors (Lipinski definition) is 9. The number of H-pyrrole nitrogens is 1. The lowest BCUT2D eigenvalue weighted by molar-refractivity contribution is 0.000408. The quantitative estimate of drug-likeness (QED) is 0.355. The molecule has 3 saturated heterocycles. The Bertz CT molecular complexity index is 1420. The van der Waals surface area contributed by atoms with Crippen LogP contribution in [0.3, 0.4) is 0 Å². The smallest absolute Gasteiger partial charge is 0.407 e. The molecular formula is C31H37ClN4O7. The van der Waals surface area contributed by atoms with E-state index < -0.39 is 6.10 Å². The molecule has 12 heteroatoms. The third-order valence-electron chi connectivity index (χ3n) is 9.12. The summed E-state index contributed by atoms with van der Waals surface area (Å²) < 4.78 is 28.2. The number of alkyl carbamates (subject to hydrolysis) is 1. The van der Waals surface area contributed by atoms with Crippen LogP contribution in [0.15, 0.2) is 30.3 Å². The Morgan fingerprint density at radius 2 is 1.79 bits per heavy atom. The van der Waals surface area contributed by atoms with Gasteiger partial charge in [0.15, 0.2) is 5.65 Å². The predicted octanol–water partition coefficient (Wildman–Crippen LogP) is 4.36. The van der Waals surface area contributed by atoms with Crippen molar-refractivity contribution < 1.29 is 33.6 Å². The molecule has 4 fully saturated rings. The second-order valence-corrected chi connectivity index (χ2v) is 12.4. The van der Waals surface area contributed by atoms with Crippen molar-refractivity contribution in [2.75, 3.05) is 33.0 Å². The lowest BCUT2D eigenvalue weighted by Crippen LogP contribution is -2.40. The normalized spacial score (nSPS) is 29.4. The molecule has 4 aliphatic rings. The van der Waals surface area contributed by atoms with Gasteiger partial charge in [-0.25, -0.2) is 9.78 Å². The molecular weight excluding hydrogens is 576 g/mol. The lowest BCUT2D eigenvalue weighted by Gasteiger charge is -2.30. The molecule has 1 aliphatic carbocycles. The van der Waals surface area contributed by atoms with Crippen molar-refractivity contribution in [1.29, 1.82) is 0 Å². The molecule has 3 aromatic rings. The number of aromatic amines is 1. The molecule has 0 bridgehead atoms. The van der Waals surface area contributed by atoms with Gasteiger partial charge in [0.2, 0.25) is 0 Å². The molecule has 5 heterocycles. The van der Waals surface area contributed by atoms with Crippen molar-refractivity contribution in [3.8, 4) is 17.3 Å². The number of benzene rings is 1. The van der Waals surface area contributed by atoms with E-state index in [-0.39, 0.29) is 43.0 Å². The van der Waals surface area contributed by atoms with E-state index in [1.165, 1.54) is 5.56 Å². The van der Waals surface area contributed by atoms with Crippen LogP contribution in [0, 0.1) is 5.92 Å². The molecule has 2 unspecified atom stereocenters. The van der Waals surface area contributed by atoms with Crippen LogP contribution in [0.1, 0.15) is 50.0 Å². The van der Waals surface area contributed by atoms with Crippen LogP contribution in [0.4, 0.5) is 4.79 Å². The van der Waals surface area contributed by atoms with Gasteiger partial charge in [-0.3, -0.25) is 0 Å². The van der Waals surface area contributed by atoms with Gasteiger partial charge in [-0.05, 0) is 43.2 Å². The van der Waals surface area contributed by atoms with Crippen LogP contribution in [0.2, 0.25) is 5.02 Å². The van der Waals surface area contributed by atoms with Gasteiger partial charge in [0.25, 0.3) is 6.01 Å². The monoisotopic (exact) mass is 612 g/mol. The number of hydrogen-bond donors (Lipinski definition) is 3. The van der Waals surface area contributed by atoms with Gasteiger partial charge in [0, 0.05) is 30.4 Å². The first-order chi connectivity index (χ1) is 21.0. The number of nitrogens with zero attached hydrogens (tertiary/aromatic N) is 2. The zero-order valence-electron chi connectivity index (χ0n) is 23.9. The van der Waals surface area contributed by atoms with E-state index in [9.17, 15) is 9.90 Å². The highest BCUT2D eigenvalue weighted by Crippen LogP contribution is 2.36. The van der Waals surface area contributed by atoms with Gasteiger partial charge in [-0.2, -0.15) is 4.98 Å². The van der Waals surface area contributed by atoms with E-state index in [0.29, 0.717) is 60.2 Å². The van der Waals surface area contributed by atoms with E-state index in [4.69, 9.17) is 40.3 Å². The standard InChI is InChI=1S/C31H37ClN4O7/c32-23-13-24-29(36-30(34-24)42-15-20-14-40-28-25(37)16-41-27(20)28)35-26(23)19-3-1-17(2-4-19)18-5-7-21(8-6-18)33-31(38)43-22-9-11-39-12-10-22/h1-4,13,18,20-22,25,27-28,37H,5-12,14-16H2,(H,33,38)(H,34,35,36)/t18?,20?,21?,25?,27-,28-/m1/s1. The molecule has 0 spiro atoms. The Balaban J connectivity index is 0.937. The summed E-state index contributed by atoms with van der Waals surface area (Å²) in [5.74, 6) is 0.458. The van der Waals surface area contributed by atoms with Gasteiger partial charge < -0.3 is 39.1 Å². The van der Waals surface area contributed by atoms with Gasteiger partial charge in [0.05, 0.1) is 55.4 Å². The summed E-state index contributed by atoms with van der Waals surface area (Å²) in [6, 6.07) is 10.7. The Morgan fingerprint density at radius 1 is 1.02 bits per heavy atom. The molecule has 11 nitrogen and oxygen atoms in total. The van der Waals surface area contributed by atoms with Gasteiger partial charge in [0.1, 0.15) is 18.3 Å². The number of halogens is 1. The van der Waals surface area contributed by atoms with Crippen molar-refractivity contribution in [3.63, 3.8) is 0 Å². The van der Waals surface area contributed by atoms with Crippen LogP contribution in [-0.2, 0) is 18.9 Å². The van der Waals surface area contributed by atoms with Crippen molar-refractivity contribution in [2.24, 2.45) is 5.92 Å². The lowest BCUT2D eigenvalue weighted by atomic mass is 9.81. The van der Waals surface area contributed by atoms with Gasteiger partial charge >= 0.3 is 6.09 Å². The highest BCUT2D eigenvalue weighted by Gasteiger charge is 2.47. The van der Waals surface area contributed by atoms with E-state index in [0.717, 1.165) is 44.1 Å². The first-order valence-electron chi connectivity index (χ1n) is 15.3. The van der Waals surface area contributed by atoms with Crippen LogP contribution < -0.4 is 10.1 Å². The number of aliphatic hydroxyl groups is 1. The second kappa shape index (κ2) is 12.6. The number of aliphatic hydroxyl groups excluding tert-OH is 1. The highest BCUT2D eigenvalue weighted by molar-refractivity contribution is 6.33. The van der Waals surface area contributed by atoms with Crippen molar-refractivity contribution >= 4 is 28.9 Å². The predicted molar refractivity (Wildman–Crippen MR) is 157 cm³/mol. The highest BCUT2D eigenvalue weighted by atomic mass is 35.5. The molecule has 3 N–H and O–H groups in total. The van der Waals surface area contributed by atoms with E-state index in [1.807, 2.05) is 6.07 Å². The van der Waals surface area contributed by atoms with Crippen LogP contribution in [-0.4, -0.2) is 89.6 Å². The summed E-state index contributed by atoms with van der Waals surface area (Å²) in [7, 11) is 0. The SMILES string of the molecule is O=C(NC1CCC(c2ccc(-c3nc4nc(OCC5CO[C@@H]6C(O)CO[C@H]56)[nH]c4cc3Cl)cc2)CC1)OC1CCOCC1. The molecule has 4 atom stereocenters. The van der Waals surface area contributed by atoms with Gasteiger partial charge in [-0.15, -0.1) is 0 Å². The number of pyridine rings is 1.